The number of nitrogens with two attached hydrogens (primary N) is 1. The quantitative estimate of drug-likeness (QED) is 0.462. The van der Waals surface area contributed by atoms with Crippen molar-refractivity contribution in [2.24, 2.45) is 5.73 Å². The number of rotatable bonds is 7. The zero-order chi connectivity index (χ0) is 23.6. The number of nitrogens with zero attached hydrogens (tertiary/aromatic N) is 1. The molecule has 0 bridgehead atoms. The molecule has 0 aliphatic carbocycles. The maximum Gasteiger partial charge on any atom is 0.339 e. The highest BCUT2D eigenvalue weighted by atomic mass is 35.5. The summed E-state index contributed by atoms with van der Waals surface area (Å²) in [5, 5.41) is 11.5. The van der Waals surface area contributed by atoms with Crippen LogP contribution in [0.25, 0.3) is 16.8 Å². The van der Waals surface area contributed by atoms with E-state index in [0.717, 1.165) is 0 Å². The van der Waals surface area contributed by atoms with Crippen LogP contribution in [0.4, 0.5) is 10.1 Å². The second kappa shape index (κ2) is 8.94. The number of ether oxygens (including phenoxy) is 1. The van der Waals surface area contributed by atoms with Crippen molar-refractivity contribution in [2.45, 2.75) is 0 Å². The van der Waals surface area contributed by atoms with Crippen molar-refractivity contribution in [1.29, 1.82) is 0 Å². The summed E-state index contributed by atoms with van der Waals surface area (Å²) in [7, 11) is 1.28. The number of carbonyl (C=O) groups excluding carboxylic acids is 2. The number of carboxylic acids is 1. The number of primary amides is 1. The number of nitrogens with one attached hydrogen (secondary N) is 1. The van der Waals surface area contributed by atoms with Gasteiger partial charge in [0, 0.05) is 11.3 Å². The third kappa shape index (κ3) is 4.06. The summed E-state index contributed by atoms with van der Waals surface area (Å²) in [6.45, 7) is 2.96. The first-order valence-corrected chi connectivity index (χ1v) is 9.42. The van der Waals surface area contributed by atoms with Crippen molar-refractivity contribution in [3.8, 4) is 22.6 Å². The third-order valence-corrected chi connectivity index (χ3v) is 4.92. The smallest absolute Gasteiger partial charge is 0.339 e. The Balaban J connectivity index is 2.40. The summed E-state index contributed by atoms with van der Waals surface area (Å²) >= 11 is 6.53. The molecule has 3 aromatic rings. The summed E-state index contributed by atoms with van der Waals surface area (Å²) < 4.78 is 19.9. The number of aromatic carboxylic acids is 1. The molecule has 0 aliphatic heterocycles. The van der Waals surface area contributed by atoms with Gasteiger partial charge < -0.3 is 20.9 Å². The average molecular weight is 458 g/mol. The Kier molecular flexibility index (Phi) is 6.31. The fourth-order valence-corrected chi connectivity index (χ4v) is 3.52. The van der Waals surface area contributed by atoms with Crippen LogP contribution >= 0.6 is 11.6 Å². The molecule has 0 fully saturated rings. The fourth-order valence-electron chi connectivity index (χ4n) is 3.20. The number of carboxylic acid groups (broad SMARTS) is 1. The molecule has 8 nitrogen and oxygen atoms in total. The molecule has 10 heteroatoms. The van der Waals surface area contributed by atoms with E-state index in [9.17, 15) is 23.9 Å². The maximum absolute atomic E-state index is 13.5. The molecule has 1 heterocycles. The predicted molar refractivity (Wildman–Crippen MR) is 117 cm³/mol. The lowest BCUT2D eigenvalue weighted by molar-refractivity contribution is -0.114. The van der Waals surface area contributed by atoms with E-state index in [4.69, 9.17) is 22.1 Å². The minimum atomic E-state index is -1.28. The van der Waals surface area contributed by atoms with Crippen LogP contribution in [0.1, 0.15) is 20.8 Å². The Morgan fingerprint density at radius 3 is 2.38 bits per heavy atom. The number of methoxy groups -OCH3 is 1. The first-order chi connectivity index (χ1) is 15.2. The highest BCUT2D eigenvalue weighted by Gasteiger charge is 2.29. The molecule has 3 rings (SSSR count). The maximum atomic E-state index is 13.5. The van der Waals surface area contributed by atoms with Crippen molar-refractivity contribution >= 4 is 35.1 Å². The number of para-hydroxylation sites is 1. The molecule has 0 saturated carbocycles. The van der Waals surface area contributed by atoms with Gasteiger partial charge in [-0.1, -0.05) is 42.4 Å². The summed E-state index contributed by atoms with van der Waals surface area (Å²) in [5.41, 5.74) is 6.04. The molecule has 0 radical (unpaired) electrons. The molecule has 32 heavy (non-hydrogen) atoms. The first-order valence-electron chi connectivity index (χ1n) is 9.04. The highest BCUT2D eigenvalue weighted by molar-refractivity contribution is 6.35. The number of halogens is 2. The van der Waals surface area contributed by atoms with E-state index in [1.165, 1.54) is 29.9 Å². The van der Waals surface area contributed by atoms with E-state index in [1.807, 2.05) is 0 Å². The van der Waals surface area contributed by atoms with Gasteiger partial charge in [0.2, 0.25) is 0 Å². The van der Waals surface area contributed by atoms with Gasteiger partial charge in [-0.2, -0.15) is 0 Å². The van der Waals surface area contributed by atoms with Crippen LogP contribution < -0.4 is 15.8 Å². The highest BCUT2D eigenvalue weighted by Crippen LogP contribution is 2.43. The van der Waals surface area contributed by atoms with Gasteiger partial charge in [-0.25, -0.2) is 9.18 Å². The second-order valence-electron chi connectivity index (χ2n) is 6.50. The van der Waals surface area contributed by atoms with Gasteiger partial charge >= 0.3 is 5.97 Å². The predicted octanol–water partition coefficient (Wildman–Crippen LogP) is 4.03. The zero-order valence-electron chi connectivity index (χ0n) is 16.7. The summed E-state index contributed by atoms with van der Waals surface area (Å²) in [5.74, 6) is -4.60. The average Bonchev–Trinajstić information content (AvgIpc) is 3.06. The van der Waals surface area contributed by atoms with Gasteiger partial charge in [-0.3, -0.25) is 14.2 Å². The first kappa shape index (κ1) is 22.6. The minimum Gasteiger partial charge on any atom is -0.496 e. The molecule has 0 spiro atoms. The van der Waals surface area contributed by atoms with E-state index < -0.39 is 23.6 Å². The van der Waals surface area contributed by atoms with Gasteiger partial charge in [0.15, 0.2) is 5.83 Å². The van der Waals surface area contributed by atoms with Crippen LogP contribution in [0, 0.1) is 0 Å². The molecular formula is C22H17ClFN3O5. The number of benzene rings is 2. The van der Waals surface area contributed by atoms with Crippen LogP contribution in [0.3, 0.4) is 0 Å². The van der Waals surface area contributed by atoms with Crippen molar-refractivity contribution in [3.63, 3.8) is 0 Å². The van der Waals surface area contributed by atoms with Crippen LogP contribution in [-0.4, -0.2) is 34.6 Å². The molecule has 0 unspecified atom stereocenters. The normalized spacial score (nSPS) is 10.5. The van der Waals surface area contributed by atoms with Crippen molar-refractivity contribution in [3.05, 3.63) is 77.3 Å². The minimum absolute atomic E-state index is 0.0128. The molecule has 0 aliphatic rings. The van der Waals surface area contributed by atoms with Crippen molar-refractivity contribution in [1.82, 2.24) is 4.57 Å². The van der Waals surface area contributed by atoms with Crippen LogP contribution in [0.15, 0.2) is 60.9 Å². The Morgan fingerprint density at radius 2 is 1.84 bits per heavy atom. The Bertz CT molecular complexity index is 1250. The second-order valence-corrected chi connectivity index (χ2v) is 6.86. The largest absolute Gasteiger partial charge is 0.496 e. The number of hydrogen-bond donors (Lipinski definition) is 3. The van der Waals surface area contributed by atoms with E-state index in [2.05, 4.69) is 11.9 Å². The molecule has 2 amide bonds. The molecule has 2 aromatic carbocycles. The Hall–Kier alpha value is -4.11. The van der Waals surface area contributed by atoms with Gasteiger partial charge in [0.1, 0.15) is 22.2 Å². The number of anilines is 1. The van der Waals surface area contributed by atoms with Crippen LogP contribution in [0.2, 0.25) is 5.15 Å². The molecule has 164 valence electrons. The number of amides is 2. The van der Waals surface area contributed by atoms with Crippen molar-refractivity contribution in [2.75, 3.05) is 12.4 Å². The third-order valence-electron chi connectivity index (χ3n) is 4.57. The summed E-state index contributed by atoms with van der Waals surface area (Å²) in [6, 6.07) is 12.4. The van der Waals surface area contributed by atoms with Crippen molar-refractivity contribution < 1.29 is 28.6 Å². The molecule has 0 atom stereocenters. The SMILES string of the molecule is C=C(F)C(=O)Nc1c(-c2ccc(C(=O)O)c(OC)c2)c(C(N)=O)n(-c2ccccc2)c1Cl. The van der Waals surface area contributed by atoms with E-state index in [1.54, 1.807) is 30.3 Å². The lowest BCUT2D eigenvalue weighted by atomic mass is 10.0. The fraction of sp³-hybridized carbons (Fsp3) is 0.0455. The molecule has 4 N–H and O–H groups in total. The standard InChI is InChI=1S/C22H17ClFN3O5/c1-11(24)21(29)26-17-16(12-8-9-14(22(30)31)15(10-12)32-2)18(20(25)28)27(19(17)23)13-6-4-3-5-7-13/h3-10H,1H2,2H3,(H2,25,28)(H,26,29)(H,30,31). The van der Waals surface area contributed by atoms with Crippen LogP contribution in [0.5, 0.6) is 5.75 Å². The van der Waals surface area contributed by atoms with E-state index in [-0.39, 0.29) is 39.0 Å². The van der Waals surface area contributed by atoms with Gasteiger partial charge in [0.25, 0.3) is 11.8 Å². The zero-order valence-corrected chi connectivity index (χ0v) is 17.4. The van der Waals surface area contributed by atoms with Gasteiger partial charge in [-0.05, 0) is 29.8 Å². The van der Waals surface area contributed by atoms with Gasteiger partial charge in [-0.15, -0.1) is 0 Å². The number of aromatic nitrogens is 1. The molecule has 1 aromatic heterocycles. The lowest BCUT2D eigenvalue weighted by Crippen LogP contribution is -2.17. The van der Waals surface area contributed by atoms with Crippen LogP contribution in [-0.2, 0) is 4.79 Å². The number of hydrogen-bond acceptors (Lipinski definition) is 4. The van der Waals surface area contributed by atoms with E-state index >= 15 is 0 Å². The van der Waals surface area contributed by atoms with E-state index in [0.29, 0.717) is 5.69 Å². The molecule has 0 saturated heterocycles. The lowest BCUT2D eigenvalue weighted by Gasteiger charge is -2.11. The summed E-state index contributed by atoms with van der Waals surface area (Å²) in [6.07, 6.45) is 0. The topological polar surface area (TPSA) is 124 Å². The van der Waals surface area contributed by atoms with Gasteiger partial charge in [0.05, 0.1) is 12.8 Å². The Morgan fingerprint density at radius 1 is 1.19 bits per heavy atom. The monoisotopic (exact) mass is 457 g/mol. The Labute approximate surface area is 186 Å². The summed E-state index contributed by atoms with van der Waals surface area (Å²) in [4.78, 5) is 36.0. The number of carbonyl (C=O) groups is 3. The molecular weight excluding hydrogens is 441 g/mol.